The summed E-state index contributed by atoms with van der Waals surface area (Å²) in [5.41, 5.74) is 6.22. The van der Waals surface area contributed by atoms with Gasteiger partial charge in [0.25, 0.3) is 0 Å². The quantitative estimate of drug-likeness (QED) is 0.792. The van der Waals surface area contributed by atoms with Gasteiger partial charge in [-0.1, -0.05) is 19.9 Å². The Hall–Kier alpha value is -1.95. The molecule has 4 N–H and O–H groups in total. The lowest BCUT2D eigenvalue weighted by Crippen LogP contribution is -2.56. The molecule has 2 unspecified atom stereocenters. The topological polar surface area (TPSA) is 84.2 Å². The zero-order valence-electron chi connectivity index (χ0n) is 13.1. The monoisotopic (exact) mass is 307 g/mol. The smallest absolute Gasteiger partial charge is 0.228 e. The summed E-state index contributed by atoms with van der Waals surface area (Å²) in [7, 11) is 0. The summed E-state index contributed by atoms with van der Waals surface area (Å²) < 4.78 is 13.3. The Labute approximate surface area is 129 Å². The summed E-state index contributed by atoms with van der Waals surface area (Å²) >= 11 is 0. The van der Waals surface area contributed by atoms with E-state index >= 15 is 0 Å². The van der Waals surface area contributed by atoms with Gasteiger partial charge in [0.05, 0.1) is 11.5 Å². The van der Waals surface area contributed by atoms with E-state index in [1.165, 1.54) is 12.1 Å². The first-order valence-electron chi connectivity index (χ1n) is 7.38. The number of rotatable bonds is 4. The van der Waals surface area contributed by atoms with Crippen molar-refractivity contribution in [2.24, 2.45) is 11.7 Å². The molecule has 1 aromatic rings. The SMILES string of the molecule is CC(C)C(C)(CN)NC(=O)C1CC(=O)Nc2cc(F)ccc21. The Morgan fingerprint density at radius 2 is 2.23 bits per heavy atom. The third kappa shape index (κ3) is 3.11. The van der Waals surface area contributed by atoms with Crippen LogP contribution in [0.15, 0.2) is 18.2 Å². The minimum absolute atomic E-state index is 0.0449. The van der Waals surface area contributed by atoms with Gasteiger partial charge in [-0.15, -0.1) is 0 Å². The van der Waals surface area contributed by atoms with Crippen molar-refractivity contribution in [2.45, 2.75) is 38.6 Å². The van der Waals surface area contributed by atoms with Gasteiger partial charge in [-0.05, 0) is 30.5 Å². The zero-order valence-corrected chi connectivity index (χ0v) is 13.1. The lowest BCUT2D eigenvalue weighted by molar-refractivity contribution is -0.128. The summed E-state index contributed by atoms with van der Waals surface area (Å²) in [4.78, 5) is 24.4. The Bertz CT molecular complexity index is 603. The molecule has 22 heavy (non-hydrogen) atoms. The molecule has 1 aliphatic rings. The van der Waals surface area contributed by atoms with E-state index in [-0.39, 0.29) is 24.2 Å². The highest BCUT2D eigenvalue weighted by Crippen LogP contribution is 2.33. The van der Waals surface area contributed by atoms with Gasteiger partial charge in [0.1, 0.15) is 5.82 Å². The van der Waals surface area contributed by atoms with Crippen LogP contribution in [-0.2, 0) is 9.59 Å². The molecule has 120 valence electrons. The number of amides is 2. The molecule has 0 bridgehead atoms. The van der Waals surface area contributed by atoms with Crippen molar-refractivity contribution in [2.75, 3.05) is 11.9 Å². The minimum atomic E-state index is -0.631. The molecule has 2 amide bonds. The zero-order chi connectivity index (χ0) is 16.5. The van der Waals surface area contributed by atoms with Crippen LogP contribution in [0.1, 0.15) is 38.7 Å². The fraction of sp³-hybridized carbons (Fsp3) is 0.500. The summed E-state index contributed by atoms with van der Waals surface area (Å²) in [6.07, 6.45) is 0.0449. The molecule has 0 saturated carbocycles. The maximum atomic E-state index is 13.3. The maximum Gasteiger partial charge on any atom is 0.228 e. The summed E-state index contributed by atoms with van der Waals surface area (Å²) in [6, 6.07) is 4.07. The summed E-state index contributed by atoms with van der Waals surface area (Å²) in [5, 5.41) is 5.55. The van der Waals surface area contributed by atoms with E-state index in [9.17, 15) is 14.0 Å². The molecule has 0 fully saturated rings. The van der Waals surface area contributed by atoms with Gasteiger partial charge >= 0.3 is 0 Å². The van der Waals surface area contributed by atoms with Gasteiger partial charge in [0.2, 0.25) is 11.8 Å². The van der Waals surface area contributed by atoms with Crippen molar-refractivity contribution < 1.29 is 14.0 Å². The van der Waals surface area contributed by atoms with E-state index < -0.39 is 17.3 Å². The molecule has 6 heteroatoms. The predicted octanol–water partition coefficient (Wildman–Crippen LogP) is 1.74. The number of carbonyl (C=O) groups excluding carboxylic acids is 2. The Morgan fingerprint density at radius 1 is 1.55 bits per heavy atom. The van der Waals surface area contributed by atoms with Crippen molar-refractivity contribution in [1.82, 2.24) is 5.32 Å². The van der Waals surface area contributed by atoms with E-state index in [0.29, 0.717) is 17.8 Å². The number of hydrogen-bond donors (Lipinski definition) is 3. The van der Waals surface area contributed by atoms with Crippen molar-refractivity contribution in [3.8, 4) is 0 Å². The highest BCUT2D eigenvalue weighted by atomic mass is 19.1. The van der Waals surface area contributed by atoms with Gasteiger partial charge in [0, 0.05) is 18.7 Å². The number of halogens is 1. The number of carbonyl (C=O) groups is 2. The van der Waals surface area contributed by atoms with E-state index in [0.717, 1.165) is 0 Å². The minimum Gasteiger partial charge on any atom is -0.349 e. The number of anilines is 1. The van der Waals surface area contributed by atoms with Crippen molar-refractivity contribution in [3.05, 3.63) is 29.6 Å². The normalized spacial score (nSPS) is 20.1. The second-order valence-corrected chi connectivity index (χ2v) is 6.30. The molecule has 2 atom stereocenters. The van der Waals surface area contributed by atoms with Crippen LogP contribution in [0.4, 0.5) is 10.1 Å². The fourth-order valence-electron chi connectivity index (χ4n) is 2.47. The largest absolute Gasteiger partial charge is 0.349 e. The van der Waals surface area contributed by atoms with Gasteiger partial charge in [-0.3, -0.25) is 9.59 Å². The average Bonchev–Trinajstić information content (AvgIpc) is 2.45. The molecule has 0 aromatic heterocycles. The predicted molar refractivity (Wildman–Crippen MR) is 82.8 cm³/mol. The van der Waals surface area contributed by atoms with Crippen LogP contribution in [-0.4, -0.2) is 23.9 Å². The third-order valence-corrected chi connectivity index (χ3v) is 4.48. The lowest BCUT2D eigenvalue weighted by Gasteiger charge is -2.36. The van der Waals surface area contributed by atoms with E-state index in [1.807, 2.05) is 20.8 Å². The molecule has 5 nitrogen and oxygen atoms in total. The van der Waals surface area contributed by atoms with Crippen LogP contribution in [0.25, 0.3) is 0 Å². The molecule has 0 saturated heterocycles. The Morgan fingerprint density at radius 3 is 2.82 bits per heavy atom. The first-order valence-corrected chi connectivity index (χ1v) is 7.38. The van der Waals surface area contributed by atoms with E-state index in [4.69, 9.17) is 5.73 Å². The highest BCUT2D eigenvalue weighted by molar-refractivity contribution is 6.01. The second kappa shape index (κ2) is 6.04. The molecule has 0 aliphatic carbocycles. The first kappa shape index (κ1) is 16.4. The second-order valence-electron chi connectivity index (χ2n) is 6.30. The molecular formula is C16H22FN3O2. The van der Waals surface area contributed by atoms with Gasteiger partial charge in [-0.2, -0.15) is 0 Å². The molecule has 1 heterocycles. The highest BCUT2D eigenvalue weighted by Gasteiger charge is 2.35. The van der Waals surface area contributed by atoms with E-state index in [1.54, 1.807) is 6.07 Å². The van der Waals surface area contributed by atoms with Gasteiger partial charge < -0.3 is 16.4 Å². The van der Waals surface area contributed by atoms with Gasteiger partial charge in [0.15, 0.2) is 0 Å². The summed E-state index contributed by atoms with van der Waals surface area (Å²) in [6.45, 7) is 6.13. The van der Waals surface area contributed by atoms with Crippen molar-refractivity contribution in [1.29, 1.82) is 0 Å². The van der Waals surface area contributed by atoms with E-state index in [2.05, 4.69) is 10.6 Å². The molecule has 0 spiro atoms. The molecule has 1 aromatic carbocycles. The van der Waals surface area contributed by atoms with Crippen LogP contribution >= 0.6 is 0 Å². The molecule has 2 rings (SSSR count). The van der Waals surface area contributed by atoms with Crippen LogP contribution in [0.5, 0.6) is 0 Å². The molecule has 0 radical (unpaired) electrons. The number of benzene rings is 1. The molecular weight excluding hydrogens is 285 g/mol. The first-order chi connectivity index (χ1) is 10.3. The Balaban J connectivity index is 2.29. The third-order valence-electron chi connectivity index (χ3n) is 4.48. The average molecular weight is 307 g/mol. The van der Waals surface area contributed by atoms with Crippen molar-refractivity contribution >= 4 is 17.5 Å². The Kier molecular flexibility index (Phi) is 4.51. The standard InChI is InChI=1S/C16H22FN3O2/c1-9(2)16(3,8-18)20-15(22)12-7-14(21)19-13-6-10(17)4-5-11(12)13/h4-6,9,12H,7-8,18H2,1-3H3,(H,19,21)(H,20,22). The van der Waals surface area contributed by atoms with Crippen LogP contribution in [0.2, 0.25) is 0 Å². The van der Waals surface area contributed by atoms with Gasteiger partial charge in [-0.25, -0.2) is 4.39 Å². The van der Waals surface area contributed by atoms with Crippen LogP contribution in [0.3, 0.4) is 0 Å². The van der Waals surface area contributed by atoms with Crippen LogP contribution in [0, 0.1) is 11.7 Å². The number of nitrogens with one attached hydrogen (secondary N) is 2. The lowest BCUT2D eigenvalue weighted by atomic mass is 9.85. The number of hydrogen-bond acceptors (Lipinski definition) is 3. The number of fused-ring (bicyclic) bond motifs is 1. The summed E-state index contributed by atoms with van der Waals surface area (Å²) in [5.74, 6) is -1.49. The molecule has 1 aliphatic heterocycles. The van der Waals surface area contributed by atoms with Crippen LogP contribution < -0.4 is 16.4 Å². The maximum absolute atomic E-state index is 13.3. The number of nitrogens with two attached hydrogens (primary N) is 1. The van der Waals surface area contributed by atoms with Crippen molar-refractivity contribution in [3.63, 3.8) is 0 Å². The fourth-order valence-corrected chi connectivity index (χ4v) is 2.47.